The van der Waals surface area contributed by atoms with E-state index < -0.39 is 0 Å². The van der Waals surface area contributed by atoms with Crippen LogP contribution in [0.4, 0.5) is 10.2 Å². The molecule has 39 heavy (non-hydrogen) atoms. The third-order valence-electron chi connectivity index (χ3n) is 8.33. The molecule has 0 amide bonds. The van der Waals surface area contributed by atoms with E-state index in [-0.39, 0.29) is 5.82 Å². The van der Waals surface area contributed by atoms with Crippen molar-refractivity contribution in [1.82, 2.24) is 25.2 Å². The molecular weight excluding hydrogens is 515 g/mol. The highest BCUT2D eigenvalue weighted by Gasteiger charge is 2.25. The predicted molar refractivity (Wildman–Crippen MR) is 153 cm³/mol. The minimum absolute atomic E-state index is 0.303. The molecule has 0 aliphatic carbocycles. The first-order valence-corrected chi connectivity index (χ1v) is 15.0. The quantitative estimate of drug-likeness (QED) is 0.353. The van der Waals surface area contributed by atoms with Crippen molar-refractivity contribution in [3.05, 3.63) is 41.2 Å². The summed E-state index contributed by atoms with van der Waals surface area (Å²) in [6, 6.07) is 7.88. The average molecular weight is 551 g/mol. The monoisotopic (exact) mass is 550 g/mol. The van der Waals surface area contributed by atoms with Gasteiger partial charge in [-0.05, 0) is 69.1 Å². The van der Waals surface area contributed by atoms with Gasteiger partial charge in [0.15, 0.2) is 11.6 Å². The summed E-state index contributed by atoms with van der Waals surface area (Å²) in [7, 11) is 0. The van der Waals surface area contributed by atoms with Crippen LogP contribution in [0.15, 0.2) is 30.5 Å². The Balaban J connectivity index is 1.14. The zero-order valence-corrected chi connectivity index (χ0v) is 22.9. The van der Waals surface area contributed by atoms with Crippen LogP contribution < -0.4 is 10.2 Å². The second-order valence-corrected chi connectivity index (χ2v) is 12.1. The highest BCUT2D eigenvalue weighted by molar-refractivity contribution is 7.19. The molecule has 3 fully saturated rings. The molecular formula is C29H35FN6O2S. The molecule has 3 aromatic heterocycles. The van der Waals surface area contributed by atoms with Gasteiger partial charge in [0, 0.05) is 54.3 Å². The lowest BCUT2D eigenvalue weighted by molar-refractivity contribution is 0.122. The molecule has 0 radical (unpaired) electrons. The van der Waals surface area contributed by atoms with Gasteiger partial charge in [-0.1, -0.05) is 0 Å². The van der Waals surface area contributed by atoms with E-state index in [0.29, 0.717) is 30.6 Å². The number of nitrogens with zero attached hydrogens (tertiary/aromatic N) is 4. The molecule has 3 aliphatic rings. The number of likely N-dealkylation sites (tertiary alicyclic amines) is 1. The van der Waals surface area contributed by atoms with Crippen LogP contribution in [0.25, 0.3) is 32.5 Å². The number of hydrogen-bond acceptors (Lipinski definition) is 8. The van der Waals surface area contributed by atoms with Gasteiger partial charge in [0.25, 0.3) is 0 Å². The fraction of sp³-hybridized carbons (Fsp3) is 0.517. The first-order chi connectivity index (χ1) is 19.2. The molecule has 3 aliphatic heterocycles. The Morgan fingerprint density at radius 3 is 2.72 bits per heavy atom. The second kappa shape index (κ2) is 11.1. The van der Waals surface area contributed by atoms with Crippen LogP contribution in [0.2, 0.25) is 0 Å². The van der Waals surface area contributed by atoms with Crippen molar-refractivity contribution in [3.8, 4) is 11.4 Å². The Morgan fingerprint density at radius 2 is 1.90 bits per heavy atom. The number of fused-ring (bicyclic) bond motifs is 2. The Kier molecular flexibility index (Phi) is 7.21. The van der Waals surface area contributed by atoms with Crippen molar-refractivity contribution in [2.24, 2.45) is 5.92 Å². The van der Waals surface area contributed by atoms with Crippen LogP contribution in [-0.4, -0.2) is 85.0 Å². The standard InChI is InChI=1S/C29H35FN6O2S/c30-23-1-2-24-22(3-7-31-24)26(23)28-33-25-15-21(39-27(25)29(34-28)36-10-13-37-14-11-36)17-35-8-4-19(5-9-35)16-32-20-6-12-38-18-20/h1-3,7,15,19-20,31-32H,4-6,8-14,16-18H2. The lowest BCUT2D eigenvalue weighted by Gasteiger charge is -2.32. The van der Waals surface area contributed by atoms with Gasteiger partial charge in [0.1, 0.15) is 5.82 Å². The zero-order valence-electron chi connectivity index (χ0n) is 22.1. The van der Waals surface area contributed by atoms with Gasteiger partial charge < -0.3 is 24.7 Å². The topological polar surface area (TPSA) is 78.5 Å². The number of halogens is 1. The van der Waals surface area contributed by atoms with Crippen LogP contribution in [0.1, 0.15) is 24.1 Å². The van der Waals surface area contributed by atoms with Crippen molar-refractivity contribution >= 4 is 38.3 Å². The number of H-pyrrole nitrogens is 1. The number of aromatic nitrogens is 3. The highest BCUT2D eigenvalue weighted by atomic mass is 32.1. The van der Waals surface area contributed by atoms with E-state index in [4.69, 9.17) is 19.4 Å². The Hall–Kier alpha value is -2.63. The van der Waals surface area contributed by atoms with Gasteiger partial charge in [0.05, 0.1) is 35.6 Å². The molecule has 10 heteroatoms. The Bertz CT molecular complexity index is 1440. The van der Waals surface area contributed by atoms with Gasteiger partial charge in [-0.3, -0.25) is 4.90 Å². The Morgan fingerprint density at radius 1 is 1.03 bits per heavy atom. The third kappa shape index (κ3) is 5.28. The minimum Gasteiger partial charge on any atom is -0.380 e. The first-order valence-electron chi connectivity index (χ1n) is 14.1. The lowest BCUT2D eigenvalue weighted by atomic mass is 9.96. The van der Waals surface area contributed by atoms with Gasteiger partial charge in [-0.2, -0.15) is 0 Å². The van der Waals surface area contributed by atoms with Crippen LogP contribution in [-0.2, 0) is 16.0 Å². The fourth-order valence-corrected chi connectivity index (χ4v) is 7.23. The van der Waals surface area contributed by atoms with Crippen molar-refractivity contribution in [2.45, 2.75) is 31.8 Å². The maximum absolute atomic E-state index is 15.2. The van der Waals surface area contributed by atoms with E-state index >= 15 is 4.39 Å². The van der Waals surface area contributed by atoms with Gasteiger partial charge in [-0.25, -0.2) is 14.4 Å². The highest BCUT2D eigenvalue weighted by Crippen LogP contribution is 2.37. The lowest BCUT2D eigenvalue weighted by Crippen LogP contribution is -2.39. The molecule has 4 aromatic rings. The number of rotatable bonds is 7. The summed E-state index contributed by atoms with van der Waals surface area (Å²) in [5.41, 5.74) is 2.23. The summed E-state index contributed by atoms with van der Waals surface area (Å²) in [5, 5.41) is 4.51. The molecule has 3 saturated heterocycles. The zero-order chi connectivity index (χ0) is 26.2. The smallest absolute Gasteiger partial charge is 0.165 e. The van der Waals surface area contributed by atoms with Crippen LogP contribution >= 0.6 is 11.3 Å². The van der Waals surface area contributed by atoms with Gasteiger partial charge >= 0.3 is 0 Å². The predicted octanol–water partition coefficient (Wildman–Crippen LogP) is 4.41. The molecule has 2 N–H and O–H groups in total. The van der Waals surface area contributed by atoms with Crippen molar-refractivity contribution in [1.29, 1.82) is 0 Å². The van der Waals surface area contributed by atoms with Crippen LogP contribution in [0, 0.1) is 11.7 Å². The maximum Gasteiger partial charge on any atom is 0.165 e. The summed E-state index contributed by atoms with van der Waals surface area (Å²) in [6.45, 7) is 8.83. The van der Waals surface area contributed by atoms with Gasteiger partial charge in [0.2, 0.25) is 0 Å². The summed E-state index contributed by atoms with van der Waals surface area (Å²) in [4.78, 5) is 19.2. The van der Waals surface area contributed by atoms with E-state index in [1.54, 1.807) is 17.4 Å². The van der Waals surface area contributed by atoms with E-state index in [0.717, 1.165) is 91.8 Å². The van der Waals surface area contributed by atoms with Crippen molar-refractivity contribution in [3.63, 3.8) is 0 Å². The third-order valence-corrected chi connectivity index (χ3v) is 9.44. The first kappa shape index (κ1) is 25.3. The number of anilines is 1. The summed E-state index contributed by atoms with van der Waals surface area (Å²) >= 11 is 1.78. The molecule has 0 saturated carbocycles. The SMILES string of the molecule is Fc1ccc2[nH]ccc2c1-c1nc(N2CCOCC2)c2sc(CN3CCC(CNC4CCOC4)CC3)cc2n1. The molecule has 0 spiro atoms. The van der Waals surface area contributed by atoms with Crippen molar-refractivity contribution in [2.75, 3.05) is 64.1 Å². The number of aromatic amines is 1. The molecule has 7 rings (SSSR count). The van der Waals surface area contributed by atoms with E-state index in [1.165, 1.54) is 23.8 Å². The van der Waals surface area contributed by atoms with E-state index in [1.807, 2.05) is 12.3 Å². The van der Waals surface area contributed by atoms with Crippen molar-refractivity contribution < 1.29 is 13.9 Å². The van der Waals surface area contributed by atoms with Crippen LogP contribution in [0.3, 0.4) is 0 Å². The number of nitrogens with one attached hydrogen (secondary N) is 2. The average Bonchev–Trinajstić information content (AvgIpc) is 3.73. The van der Waals surface area contributed by atoms with Crippen LogP contribution in [0.5, 0.6) is 0 Å². The number of morpholine rings is 1. The summed E-state index contributed by atoms with van der Waals surface area (Å²) in [5.74, 6) is 1.76. The molecule has 8 nitrogen and oxygen atoms in total. The second-order valence-electron chi connectivity index (χ2n) is 10.9. The fourth-order valence-electron chi connectivity index (χ4n) is 6.08. The molecule has 206 valence electrons. The number of hydrogen-bond donors (Lipinski definition) is 2. The number of ether oxygens (including phenoxy) is 2. The van der Waals surface area contributed by atoms with E-state index in [2.05, 4.69) is 26.2 Å². The molecule has 0 bridgehead atoms. The molecule has 1 aromatic carbocycles. The number of thiophene rings is 1. The summed E-state index contributed by atoms with van der Waals surface area (Å²) < 4.78 is 27.4. The summed E-state index contributed by atoms with van der Waals surface area (Å²) in [6.07, 6.45) is 5.40. The molecule has 1 atom stereocenters. The maximum atomic E-state index is 15.2. The number of benzene rings is 1. The largest absolute Gasteiger partial charge is 0.380 e. The molecule has 1 unspecified atom stereocenters. The van der Waals surface area contributed by atoms with Gasteiger partial charge in [-0.15, -0.1) is 11.3 Å². The Labute approximate surface area is 231 Å². The molecule has 6 heterocycles. The van der Waals surface area contributed by atoms with E-state index in [9.17, 15) is 0 Å². The minimum atomic E-state index is -0.303. The normalized spacial score (nSPS) is 21.5. The number of piperidine rings is 1.